The molecule has 0 spiro atoms. The van der Waals surface area contributed by atoms with Crippen molar-refractivity contribution in [2.45, 2.75) is 58.0 Å². The van der Waals surface area contributed by atoms with Crippen molar-refractivity contribution < 1.29 is 38.4 Å². The SMILES string of the molecule is CC(=O)NC1C(OCc2ccccc2)OC(COC(C)=O)C(O)C1OC(C)=O. The van der Waals surface area contributed by atoms with Crippen LogP contribution in [0.15, 0.2) is 30.3 Å². The molecule has 5 atom stereocenters. The molecule has 0 saturated carbocycles. The van der Waals surface area contributed by atoms with Crippen molar-refractivity contribution in [3.05, 3.63) is 35.9 Å². The van der Waals surface area contributed by atoms with Crippen LogP contribution in [0.2, 0.25) is 0 Å². The van der Waals surface area contributed by atoms with Crippen LogP contribution in [-0.4, -0.2) is 60.2 Å². The second kappa shape index (κ2) is 10.2. The molecule has 9 heteroatoms. The lowest BCUT2D eigenvalue weighted by Crippen LogP contribution is -2.65. The Bertz CT molecular complexity index is 680. The summed E-state index contributed by atoms with van der Waals surface area (Å²) < 4.78 is 21.7. The van der Waals surface area contributed by atoms with Gasteiger partial charge in [0.1, 0.15) is 24.9 Å². The normalized spacial score (nSPS) is 26.9. The number of benzene rings is 1. The zero-order valence-electron chi connectivity index (χ0n) is 16.0. The molecule has 9 nitrogen and oxygen atoms in total. The van der Waals surface area contributed by atoms with Crippen LogP contribution in [0.3, 0.4) is 0 Å². The van der Waals surface area contributed by atoms with Crippen LogP contribution in [0, 0.1) is 0 Å². The van der Waals surface area contributed by atoms with Crippen molar-refractivity contribution in [3.8, 4) is 0 Å². The average Bonchev–Trinajstić information content (AvgIpc) is 2.63. The van der Waals surface area contributed by atoms with E-state index < -0.39 is 48.5 Å². The molecular formula is C19H25NO8. The van der Waals surface area contributed by atoms with E-state index in [-0.39, 0.29) is 13.2 Å². The lowest BCUT2D eigenvalue weighted by Gasteiger charge is -2.43. The zero-order chi connectivity index (χ0) is 20.7. The number of carbonyl (C=O) groups excluding carboxylic acids is 3. The van der Waals surface area contributed by atoms with Gasteiger partial charge in [0.05, 0.1) is 6.61 Å². The lowest BCUT2D eigenvalue weighted by atomic mass is 9.96. The summed E-state index contributed by atoms with van der Waals surface area (Å²) in [6.45, 7) is 3.60. The van der Waals surface area contributed by atoms with Gasteiger partial charge in [0, 0.05) is 20.8 Å². The van der Waals surface area contributed by atoms with Gasteiger partial charge >= 0.3 is 11.9 Å². The van der Waals surface area contributed by atoms with Crippen LogP contribution in [0.1, 0.15) is 26.3 Å². The molecule has 1 aromatic carbocycles. The van der Waals surface area contributed by atoms with Gasteiger partial charge < -0.3 is 29.4 Å². The quantitative estimate of drug-likeness (QED) is 0.632. The van der Waals surface area contributed by atoms with E-state index in [1.54, 1.807) is 0 Å². The number of rotatable bonds is 7. The van der Waals surface area contributed by atoms with Crippen molar-refractivity contribution >= 4 is 17.8 Å². The molecule has 2 N–H and O–H groups in total. The molecule has 28 heavy (non-hydrogen) atoms. The first-order valence-corrected chi connectivity index (χ1v) is 8.84. The first kappa shape index (κ1) is 21.8. The van der Waals surface area contributed by atoms with Crippen molar-refractivity contribution in [2.75, 3.05) is 6.61 Å². The van der Waals surface area contributed by atoms with Crippen LogP contribution in [0.4, 0.5) is 0 Å². The molecule has 1 heterocycles. The van der Waals surface area contributed by atoms with E-state index in [1.165, 1.54) is 20.8 Å². The molecule has 1 saturated heterocycles. The predicted molar refractivity (Wildman–Crippen MR) is 95.7 cm³/mol. The molecule has 0 radical (unpaired) electrons. The van der Waals surface area contributed by atoms with Crippen LogP contribution in [0.5, 0.6) is 0 Å². The van der Waals surface area contributed by atoms with Crippen LogP contribution in [-0.2, 0) is 39.9 Å². The van der Waals surface area contributed by atoms with Gasteiger partial charge in [-0.05, 0) is 5.56 Å². The minimum Gasteiger partial charge on any atom is -0.463 e. The highest BCUT2D eigenvalue weighted by Crippen LogP contribution is 2.26. The zero-order valence-corrected chi connectivity index (χ0v) is 16.0. The van der Waals surface area contributed by atoms with Gasteiger partial charge in [-0.1, -0.05) is 30.3 Å². The molecule has 1 fully saturated rings. The largest absolute Gasteiger partial charge is 0.463 e. The standard InChI is InChI=1S/C19H25NO8/c1-11(21)20-16-18(27-13(3)23)17(24)15(10-25-12(2)22)28-19(16)26-9-14-7-5-4-6-8-14/h4-8,15-19,24H,9-10H2,1-3H3,(H,20,21). The van der Waals surface area contributed by atoms with E-state index >= 15 is 0 Å². The number of esters is 2. The fourth-order valence-corrected chi connectivity index (χ4v) is 2.87. The Morgan fingerprint density at radius 3 is 2.36 bits per heavy atom. The van der Waals surface area contributed by atoms with Crippen molar-refractivity contribution in [1.29, 1.82) is 0 Å². The number of aliphatic hydroxyl groups excluding tert-OH is 1. The molecule has 0 aliphatic carbocycles. The molecule has 5 unspecified atom stereocenters. The van der Waals surface area contributed by atoms with Crippen molar-refractivity contribution in [3.63, 3.8) is 0 Å². The molecule has 154 valence electrons. The smallest absolute Gasteiger partial charge is 0.303 e. The molecular weight excluding hydrogens is 370 g/mol. The van der Waals surface area contributed by atoms with E-state index in [9.17, 15) is 19.5 Å². The summed E-state index contributed by atoms with van der Waals surface area (Å²) in [7, 11) is 0. The molecule has 0 aromatic heterocycles. The number of nitrogens with one attached hydrogen (secondary N) is 1. The Balaban J connectivity index is 2.22. The van der Waals surface area contributed by atoms with Gasteiger partial charge in [0.2, 0.25) is 5.91 Å². The van der Waals surface area contributed by atoms with Gasteiger partial charge in [-0.2, -0.15) is 0 Å². The number of hydrogen-bond donors (Lipinski definition) is 2. The summed E-state index contributed by atoms with van der Waals surface area (Å²) in [4.78, 5) is 34.3. The summed E-state index contributed by atoms with van der Waals surface area (Å²) in [5, 5.41) is 13.2. The van der Waals surface area contributed by atoms with Gasteiger partial charge in [0.15, 0.2) is 12.4 Å². The molecule has 1 amide bonds. The number of aliphatic hydroxyl groups is 1. The second-order valence-electron chi connectivity index (χ2n) is 6.43. The molecule has 1 aromatic rings. The maximum Gasteiger partial charge on any atom is 0.303 e. The summed E-state index contributed by atoms with van der Waals surface area (Å²) in [5.74, 6) is -1.61. The highest BCUT2D eigenvalue weighted by Gasteiger charge is 2.48. The topological polar surface area (TPSA) is 120 Å². The van der Waals surface area contributed by atoms with Gasteiger partial charge in [-0.15, -0.1) is 0 Å². The second-order valence-corrected chi connectivity index (χ2v) is 6.43. The maximum atomic E-state index is 11.7. The Labute approximate surface area is 162 Å². The predicted octanol–water partition coefficient (Wildman–Crippen LogP) is 0.288. The van der Waals surface area contributed by atoms with Crippen LogP contribution in [0.25, 0.3) is 0 Å². The Morgan fingerprint density at radius 2 is 1.79 bits per heavy atom. The molecule has 2 rings (SSSR count). The van der Waals surface area contributed by atoms with Crippen molar-refractivity contribution in [2.24, 2.45) is 0 Å². The Morgan fingerprint density at radius 1 is 1.11 bits per heavy atom. The van der Waals surface area contributed by atoms with Gasteiger partial charge in [-0.3, -0.25) is 14.4 Å². The molecule has 0 bridgehead atoms. The summed E-state index contributed by atoms with van der Waals surface area (Å²) in [5.41, 5.74) is 0.861. The fraction of sp³-hybridized carbons (Fsp3) is 0.526. The first-order chi connectivity index (χ1) is 13.3. The van der Waals surface area contributed by atoms with Crippen LogP contribution >= 0.6 is 0 Å². The number of hydrogen-bond acceptors (Lipinski definition) is 8. The third-order valence-electron chi connectivity index (χ3n) is 4.05. The van der Waals surface area contributed by atoms with E-state index in [0.717, 1.165) is 5.56 Å². The van der Waals surface area contributed by atoms with Gasteiger partial charge in [0.25, 0.3) is 0 Å². The van der Waals surface area contributed by atoms with E-state index in [1.807, 2.05) is 30.3 Å². The van der Waals surface area contributed by atoms with Crippen LogP contribution < -0.4 is 5.32 Å². The third kappa shape index (κ3) is 6.29. The number of amides is 1. The summed E-state index contributed by atoms with van der Waals surface area (Å²) in [6, 6.07) is 8.31. The fourth-order valence-electron chi connectivity index (χ4n) is 2.87. The minimum atomic E-state index is -1.34. The highest BCUT2D eigenvalue weighted by atomic mass is 16.7. The highest BCUT2D eigenvalue weighted by molar-refractivity contribution is 5.73. The summed E-state index contributed by atoms with van der Waals surface area (Å²) in [6.07, 6.45) is -4.52. The average molecular weight is 395 g/mol. The van der Waals surface area contributed by atoms with Gasteiger partial charge in [-0.25, -0.2) is 0 Å². The summed E-state index contributed by atoms with van der Waals surface area (Å²) >= 11 is 0. The monoisotopic (exact) mass is 395 g/mol. The molecule has 1 aliphatic heterocycles. The maximum absolute atomic E-state index is 11.7. The number of carbonyl (C=O) groups is 3. The lowest BCUT2D eigenvalue weighted by molar-refractivity contribution is -0.277. The molecule has 1 aliphatic rings. The van der Waals surface area contributed by atoms with E-state index in [2.05, 4.69) is 5.32 Å². The first-order valence-electron chi connectivity index (χ1n) is 8.84. The van der Waals surface area contributed by atoms with E-state index in [4.69, 9.17) is 18.9 Å². The minimum absolute atomic E-state index is 0.158. The Hall–Kier alpha value is -2.49. The Kier molecular flexibility index (Phi) is 7.91. The number of ether oxygens (including phenoxy) is 4. The van der Waals surface area contributed by atoms with E-state index in [0.29, 0.717) is 0 Å². The third-order valence-corrected chi connectivity index (χ3v) is 4.05. The van der Waals surface area contributed by atoms with Crippen molar-refractivity contribution in [1.82, 2.24) is 5.32 Å².